The fraction of sp³-hybridized carbons (Fsp3) is 0.136. The molecule has 3 rings (SSSR count). The van der Waals surface area contributed by atoms with Gasteiger partial charge >= 0.3 is 5.97 Å². The van der Waals surface area contributed by atoms with Gasteiger partial charge < -0.3 is 10.1 Å². The van der Waals surface area contributed by atoms with Gasteiger partial charge in [-0.15, -0.1) is 0 Å². The molecule has 0 saturated carbocycles. The lowest BCUT2D eigenvalue weighted by molar-refractivity contribution is -0.142. The normalized spacial score (nSPS) is 11.0. The monoisotopic (exact) mass is 463 g/mol. The number of carbonyl (C=O) groups is 2. The van der Waals surface area contributed by atoms with Crippen LogP contribution in [-0.2, 0) is 20.9 Å². The van der Waals surface area contributed by atoms with Crippen molar-refractivity contribution >= 4 is 35.2 Å². The van der Waals surface area contributed by atoms with E-state index in [1.807, 2.05) is 35.6 Å². The summed E-state index contributed by atoms with van der Waals surface area (Å²) >= 11 is 6.36. The molecule has 0 radical (unpaired) electrons. The van der Waals surface area contributed by atoms with Crippen LogP contribution in [0.4, 0.5) is 18.9 Å². The molecule has 2 aromatic carbocycles. The average Bonchev–Trinajstić information content (AvgIpc) is 3.04. The number of carbonyl (C=O) groups excluding carboxylic acids is 2. The number of ether oxygens (including phenoxy) is 1. The Bertz CT molecular complexity index is 1180. The third-order valence-corrected chi connectivity index (χ3v) is 4.72. The quantitative estimate of drug-likeness (QED) is 0.318. The predicted molar refractivity (Wildman–Crippen MR) is 112 cm³/mol. The number of anilines is 1. The van der Waals surface area contributed by atoms with Gasteiger partial charge in [-0.1, -0.05) is 41.9 Å². The highest BCUT2D eigenvalue weighted by Gasteiger charge is 2.16. The molecule has 0 aliphatic rings. The van der Waals surface area contributed by atoms with Gasteiger partial charge in [0.25, 0.3) is 5.91 Å². The lowest BCUT2D eigenvalue weighted by Gasteiger charge is -2.07. The van der Waals surface area contributed by atoms with Crippen LogP contribution in [0.1, 0.15) is 16.8 Å². The van der Waals surface area contributed by atoms with Crippen molar-refractivity contribution in [2.24, 2.45) is 0 Å². The summed E-state index contributed by atoms with van der Waals surface area (Å²) in [6.45, 7) is 1.41. The second kappa shape index (κ2) is 10.1. The fourth-order valence-electron chi connectivity index (χ4n) is 2.76. The van der Waals surface area contributed by atoms with Gasteiger partial charge in [-0.05, 0) is 30.7 Å². The van der Waals surface area contributed by atoms with E-state index in [1.54, 1.807) is 11.6 Å². The molecule has 1 aromatic heterocycles. The van der Waals surface area contributed by atoms with E-state index < -0.39 is 41.6 Å². The van der Waals surface area contributed by atoms with E-state index in [0.717, 1.165) is 17.7 Å². The van der Waals surface area contributed by atoms with E-state index in [4.69, 9.17) is 16.3 Å². The maximum absolute atomic E-state index is 13.6. The number of rotatable bonds is 7. The molecule has 0 spiro atoms. The Kier molecular flexibility index (Phi) is 7.32. The minimum Gasteiger partial charge on any atom is -0.452 e. The summed E-state index contributed by atoms with van der Waals surface area (Å²) < 4.78 is 46.1. The highest BCUT2D eigenvalue weighted by atomic mass is 35.5. The maximum Gasteiger partial charge on any atom is 0.331 e. The standard InChI is InChI=1S/C22H17ClF3N3O3/c1-13-15(22(23)29(28-13)11-14-5-3-2-4-6-14)7-10-19(31)32-12-18(30)27-17-9-8-16(24)20(25)21(17)26/h2-10H,11-12H2,1H3,(H,27,30). The van der Waals surface area contributed by atoms with Gasteiger partial charge in [-0.25, -0.2) is 22.6 Å². The minimum absolute atomic E-state index is 0.321. The van der Waals surface area contributed by atoms with E-state index in [2.05, 4.69) is 5.10 Å². The number of esters is 1. The Balaban J connectivity index is 1.57. The predicted octanol–water partition coefficient (Wildman–Crippen LogP) is 4.51. The highest BCUT2D eigenvalue weighted by molar-refractivity contribution is 6.31. The molecule has 0 fully saturated rings. The maximum atomic E-state index is 13.6. The molecule has 0 unspecified atom stereocenters. The number of halogens is 4. The summed E-state index contributed by atoms with van der Waals surface area (Å²) in [7, 11) is 0. The number of aromatic nitrogens is 2. The number of benzene rings is 2. The molecule has 1 N–H and O–H groups in total. The Hall–Kier alpha value is -3.59. The second-order valence-corrected chi connectivity index (χ2v) is 7.00. The van der Waals surface area contributed by atoms with Crippen LogP contribution in [0.3, 0.4) is 0 Å². The summed E-state index contributed by atoms with van der Waals surface area (Å²) in [5.41, 5.74) is 1.51. The molecular formula is C22H17ClF3N3O3. The van der Waals surface area contributed by atoms with Gasteiger partial charge in [0.1, 0.15) is 5.15 Å². The molecule has 6 nitrogen and oxygen atoms in total. The molecule has 0 saturated heterocycles. The van der Waals surface area contributed by atoms with Crippen molar-refractivity contribution in [1.29, 1.82) is 0 Å². The molecule has 32 heavy (non-hydrogen) atoms. The third-order valence-electron chi connectivity index (χ3n) is 4.33. The number of amides is 1. The van der Waals surface area contributed by atoms with Gasteiger partial charge in [-0.3, -0.25) is 4.79 Å². The number of aryl methyl sites for hydroxylation is 1. The average molecular weight is 464 g/mol. The molecule has 0 aliphatic heterocycles. The summed E-state index contributed by atoms with van der Waals surface area (Å²) in [6.07, 6.45) is 2.47. The van der Waals surface area contributed by atoms with Crippen LogP contribution in [-0.4, -0.2) is 28.3 Å². The molecule has 10 heteroatoms. The first-order valence-corrected chi connectivity index (χ1v) is 9.69. The summed E-state index contributed by atoms with van der Waals surface area (Å²) in [5, 5.41) is 6.67. The Morgan fingerprint density at radius 3 is 2.56 bits per heavy atom. The Morgan fingerprint density at radius 1 is 1.12 bits per heavy atom. The molecule has 1 amide bonds. The number of nitrogens with one attached hydrogen (secondary N) is 1. The first-order chi connectivity index (χ1) is 15.3. The summed E-state index contributed by atoms with van der Waals surface area (Å²) in [5.74, 6) is -6.46. The van der Waals surface area contributed by atoms with Gasteiger partial charge in [0.05, 0.1) is 17.9 Å². The lowest BCUT2D eigenvalue weighted by Crippen LogP contribution is -2.21. The van der Waals surface area contributed by atoms with Crippen LogP contribution >= 0.6 is 11.6 Å². The van der Waals surface area contributed by atoms with Crippen LogP contribution in [0.25, 0.3) is 6.08 Å². The molecular weight excluding hydrogens is 447 g/mol. The van der Waals surface area contributed by atoms with Crippen molar-refractivity contribution < 1.29 is 27.5 Å². The number of hydrogen-bond donors (Lipinski definition) is 1. The molecule has 3 aromatic rings. The van der Waals surface area contributed by atoms with Gasteiger partial charge in [0.2, 0.25) is 0 Å². The lowest BCUT2D eigenvalue weighted by atomic mass is 10.2. The number of hydrogen-bond acceptors (Lipinski definition) is 4. The molecule has 0 bridgehead atoms. The summed E-state index contributed by atoms with van der Waals surface area (Å²) in [6, 6.07) is 11.1. The Labute approximate surface area is 186 Å². The minimum atomic E-state index is -1.72. The first-order valence-electron chi connectivity index (χ1n) is 9.31. The van der Waals surface area contributed by atoms with Crippen LogP contribution in [0.2, 0.25) is 5.15 Å². The van der Waals surface area contributed by atoms with Crippen molar-refractivity contribution in [3.8, 4) is 0 Å². The van der Waals surface area contributed by atoms with Crippen LogP contribution in [0.15, 0.2) is 48.5 Å². The van der Waals surface area contributed by atoms with Gasteiger partial charge in [-0.2, -0.15) is 5.10 Å². The zero-order valence-corrected chi connectivity index (χ0v) is 17.5. The second-order valence-electron chi connectivity index (χ2n) is 6.65. The van der Waals surface area contributed by atoms with Crippen molar-refractivity contribution in [2.75, 3.05) is 11.9 Å². The smallest absolute Gasteiger partial charge is 0.331 e. The van der Waals surface area contributed by atoms with Crippen molar-refractivity contribution in [2.45, 2.75) is 13.5 Å². The van der Waals surface area contributed by atoms with E-state index >= 15 is 0 Å². The first kappa shape index (κ1) is 23.1. The molecule has 1 heterocycles. The summed E-state index contributed by atoms with van der Waals surface area (Å²) in [4.78, 5) is 23.7. The zero-order valence-electron chi connectivity index (χ0n) is 16.7. The van der Waals surface area contributed by atoms with Crippen molar-refractivity contribution in [3.63, 3.8) is 0 Å². The number of nitrogens with zero attached hydrogens (tertiary/aromatic N) is 2. The van der Waals surface area contributed by atoms with Crippen LogP contribution < -0.4 is 5.32 Å². The van der Waals surface area contributed by atoms with E-state index in [1.165, 1.54) is 6.08 Å². The Morgan fingerprint density at radius 2 is 1.84 bits per heavy atom. The van der Waals surface area contributed by atoms with E-state index in [9.17, 15) is 22.8 Å². The van der Waals surface area contributed by atoms with Crippen molar-refractivity contribution in [3.05, 3.63) is 88.0 Å². The van der Waals surface area contributed by atoms with E-state index in [-0.39, 0.29) is 0 Å². The molecule has 166 valence electrons. The zero-order chi connectivity index (χ0) is 23.3. The van der Waals surface area contributed by atoms with E-state index in [0.29, 0.717) is 29.0 Å². The largest absolute Gasteiger partial charge is 0.452 e. The third kappa shape index (κ3) is 5.55. The SMILES string of the molecule is Cc1nn(Cc2ccccc2)c(Cl)c1C=CC(=O)OCC(=O)Nc1ccc(F)c(F)c1F. The fourth-order valence-corrected chi connectivity index (χ4v) is 3.06. The van der Waals surface area contributed by atoms with Gasteiger partial charge in [0, 0.05) is 11.6 Å². The van der Waals surface area contributed by atoms with Crippen LogP contribution in [0, 0.1) is 24.4 Å². The topological polar surface area (TPSA) is 73.2 Å². The molecule has 0 aliphatic carbocycles. The molecule has 0 atom stereocenters. The van der Waals surface area contributed by atoms with Crippen LogP contribution in [0.5, 0.6) is 0 Å². The van der Waals surface area contributed by atoms with Gasteiger partial charge in [0.15, 0.2) is 24.1 Å². The van der Waals surface area contributed by atoms with Crippen molar-refractivity contribution in [1.82, 2.24) is 9.78 Å². The highest BCUT2D eigenvalue weighted by Crippen LogP contribution is 2.22.